The molecule has 0 saturated carbocycles. The number of ether oxygens (including phenoxy) is 1. The Morgan fingerprint density at radius 3 is 1.00 bits per heavy atom. The third kappa shape index (κ3) is 418. The van der Waals surface area contributed by atoms with Gasteiger partial charge in [-0.15, -0.1) is 0 Å². The van der Waals surface area contributed by atoms with Gasteiger partial charge in [0.1, 0.15) is 0 Å². The molecule has 0 radical (unpaired) electrons. The zero-order valence-corrected chi connectivity index (χ0v) is 5.82. The van der Waals surface area contributed by atoms with Crippen LogP contribution in [0.25, 0.3) is 0 Å². The molecule has 1 nitrogen and oxygen atoms in total. The summed E-state index contributed by atoms with van der Waals surface area (Å²) >= 11 is 0. The van der Waals surface area contributed by atoms with Gasteiger partial charge in [0.15, 0.2) is 0 Å². The maximum absolute atomic E-state index is 4.54. The van der Waals surface area contributed by atoms with Crippen molar-refractivity contribution in [3.05, 3.63) is 0 Å². The first-order chi connectivity index (χ1) is 3.33. The Morgan fingerprint density at radius 2 is 1.00 bits per heavy atom. The molecule has 0 bridgehead atoms. The molecule has 0 spiro atoms. The van der Waals surface area contributed by atoms with Crippen LogP contribution in [0.15, 0.2) is 0 Å². The molecule has 0 rings (SSSR count). The van der Waals surface area contributed by atoms with Crippen LogP contribution in [0.5, 0.6) is 0 Å². The minimum atomic E-state index is 0. The molecule has 0 unspecified atom stereocenters. The first-order valence-electron chi connectivity index (χ1n) is 2.82. The van der Waals surface area contributed by atoms with E-state index in [1.54, 1.807) is 7.11 Å². The van der Waals surface area contributed by atoms with Crippen molar-refractivity contribution in [3.8, 4) is 0 Å². The molecule has 0 aromatic heterocycles. The molecule has 0 fully saturated rings. The highest BCUT2D eigenvalue weighted by atomic mass is 16.5. The van der Waals surface area contributed by atoms with Gasteiger partial charge in [-0.1, -0.05) is 42.5 Å². The normalized spacial score (nSPS) is 4.80. The van der Waals surface area contributed by atoms with E-state index in [4.69, 9.17) is 0 Å². The van der Waals surface area contributed by atoms with E-state index in [2.05, 4.69) is 18.6 Å². The Bertz CT molecular complexity index is 12.2. The van der Waals surface area contributed by atoms with E-state index in [0.29, 0.717) is 0 Å². The molecule has 0 atom stereocenters. The monoisotopic (exact) mass is 152 g/mol. The minimum absolute atomic E-state index is 0. The van der Waals surface area contributed by atoms with Crippen molar-refractivity contribution in [2.45, 2.75) is 49.5 Å². The van der Waals surface area contributed by atoms with Crippen LogP contribution < -0.4 is 0 Å². The molecule has 0 saturated heterocycles. The molecule has 1 heteroatoms. The SMILES string of the molecule is C.C.C.CCC.CCOC. The fourth-order valence-electron chi connectivity index (χ4n) is 0. The molecule has 0 amide bonds. The van der Waals surface area contributed by atoms with Gasteiger partial charge in [-0.05, 0) is 6.92 Å². The van der Waals surface area contributed by atoms with Crippen LogP contribution in [0.4, 0.5) is 0 Å². The van der Waals surface area contributed by atoms with Crippen LogP contribution in [0.3, 0.4) is 0 Å². The van der Waals surface area contributed by atoms with E-state index < -0.39 is 0 Å². The van der Waals surface area contributed by atoms with Gasteiger partial charge in [-0.2, -0.15) is 0 Å². The van der Waals surface area contributed by atoms with E-state index in [0.717, 1.165) is 6.61 Å². The second-order valence-electron chi connectivity index (χ2n) is 1.28. The van der Waals surface area contributed by atoms with E-state index in [-0.39, 0.29) is 22.3 Å². The van der Waals surface area contributed by atoms with Gasteiger partial charge in [0.2, 0.25) is 0 Å². The fraction of sp³-hybridized carbons (Fsp3) is 1.00. The Labute approximate surface area is 68.8 Å². The molecular formula is C9H28O. The van der Waals surface area contributed by atoms with Gasteiger partial charge in [0.05, 0.1) is 0 Å². The zero-order valence-electron chi connectivity index (χ0n) is 5.82. The van der Waals surface area contributed by atoms with E-state index in [1.165, 1.54) is 6.42 Å². The van der Waals surface area contributed by atoms with Gasteiger partial charge < -0.3 is 4.74 Å². The Morgan fingerprint density at radius 1 is 0.900 bits per heavy atom. The van der Waals surface area contributed by atoms with E-state index in [9.17, 15) is 0 Å². The summed E-state index contributed by atoms with van der Waals surface area (Å²) in [5.74, 6) is 0. The van der Waals surface area contributed by atoms with Crippen LogP contribution in [0.1, 0.15) is 49.5 Å². The summed E-state index contributed by atoms with van der Waals surface area (Å²) in [5.41, 5.74) is 0. The molecule has 0 aliphatic rings. The average Bonchev–Trinajstić information content (AvgIpc) is 1.69. The first-order valence-corrected chi connectivity index (χ1v) is 2.82. The lowest BCUT2D eigenvalue weighted by Gasteiger charge is -1.76. The van der Waals surface area contributed by atoms with Crippen LogP contribution in [-0.2, 0) is 4.74 Å². The van der Waals surface area contributed by atoms with Crippen molar-refractivity contribution in [2.24, 2.45) is 0 Å². The summed E-state index contributed by atoms with van der Waals surface area (Å²) in [5, 5.41) is 0. The maximum Gasteiger partial charge on any atom is 0.0433 e. The Hall–Kier alpha value is -0.0400. The molecule has 0 aliphatic heterocycles. The maximum atomic E-state index is 4.54. The third-order valence-corrected chi connectivity index (χ3v) is 0.289. The predicted octanol–water partition coefficient (Wildman–Crippen LogP) is 3.98. The quantitative estimate of drug-likeness (QED) is 0.552. The molecule has 0 aromatic carbocycles. The summed E-state index contributed by atoms with van der Waals surface area (Å²) in [6.45, 7) is 7.03. The molecule has 0 heterocycles. The van der Waals surface area contributed by atoms with Gasteiger partial charge in [0, 0.05) is 13.7 Å². The molecular weight excluding hydrogens is 124 g/mol. The van der Waals surface area contributed by atoms with Gasteiger partial charge >= 0.3 is 0 Å². The number of hydrogen-bond acceptors (Lipinski definition) is 1. The topological polar surface area (TPSA) is 9.23 Å². The van der Waals surface area contributed by atoms with Crippen LogP contribution >= 0.6 is 0 Å². The van der Waals surface area contributed by atoms with Crippen molar-refractivity contribution >= 4 is 0 Å². The van der Waals surface area contributed by atoms with E-state index >= 15 is 0 Å². The highest BCUT2D eigenvalue weighted by Crippen LogP contribution is 1.56. The van der Waals surface area contributed by atoms with Crippen molar-refractivity contribution in [1.29, 1.82) is 0 Å². The average molecular weight is 152 g/mol. The summed E-state index contributed by atoms with van der Waals surface area (Å²) in [7, 11) is 1.68. The van der Waals surface area contributed by atoms with Crippen molar-refractivity contribution in [1.82, 2.24) is 0 Å². The number of hydrogen-bond donors (Lipinski definition) is 0. The smallest absolute Gasteiger partial charge is 0.0433 e. The summed E-state index contributed by atoms with van der Waals surface area (Å²) < 4.78 is 4.54. The molecule has 10 heavy (non-hydrogen) atoms. The Balaban J connectivity index is -0.0000000131. The van der Waals surface area contributed by atoms with Gasteiger partial charge in [-0.25, -0.2) is 0 Å². The van der Waals surface area contributed by atoms with Gasteiger partial charge in [0.25, 0.3) is 0 Å². The van der Waals surface area contributed by atoms with Crippen LogP contribution in [0, 0.1) is 0 Å². The lowest BCUT2D eigenvalue weighted by atomic mass is 10.6. The highest BCUT2D eigenvalue weighted by Gasteiger charge is 1.51. The lowest BCUT2D eigenvalue weighted by molar-refractivity contribution is 0.215. The highest BCUT2D eigenvalue weighted by molar-refractivity contribution is 3.94. The molecule has 0 aromatic rings. The van der Waals surface area contributed by atoms with Crippen molar-refractivity contribution in [2.75, 3.05) is 13.7 Å². The third-order valence-electron chi connectivity index (χ3n) is 0.289. The van der Waals surface area contributed by atoms with E-state index in [1.807, 2.05) is 6.92 Å². The van der Waals surface area contributed by atoms with Crippen molar-refractivity contribution in [3.63, 3.8) is 0 Å². The van der Waals surface area contributed by atoms with Crippen LogP contribution in [-0.4, -0.2) is 13.7 Å². The number of rotatable bonds is 1. The minimum Gasteiger partial charge on any atom is -0.385 e. The van der Waals surface area contributed by atoms with Crippen molar-refractivity contribution < 1.29 is 4.74 Å². The summed E-state index contributed by atoms with van der Waals surface area (Å²) in [4.78, 5) is 0. The first kappa shape index (κ1) is 32.5. The largest absolute Gasteiger partial charge is 0.385 e. The summed E-state index contributed by atoms with van der Waals surface area (Å²) in [6.07, 6.45) is 1.25. The van der Waals surface area contributed by atoms with Gasteiger partial charge in [-0.3, -0.25) is 0 Å². The lowest BCUT2D eigenvalue weighted by Crippen LogP contribution is -1.73. The fourth-order valence-corrected chi connectivity index (χ4v) is 0. The molecule has 70 valence electrons. The predicted molar refractivity (Wildman–Crippen MR) is 53.7 cm³/mol. The summed E-state index contributed by atoms with van der Waals surface area (Å²) in [6, 6.07) is 0. The second kappa shape index (κ2) is 64.8. The van der Waals surface area contributed by atoms with Crippen LogP contribution in [0.2, 0.25) is 0 Å². The number of methoxy groups -OCH3 is 1. The molecule has 0 N–H and O–H groups in total. The Kier molecular flexibility index (Phi) is 211. The zero-order chi connectivity index (χ0) is 6.12. The molecule has 0 aliphatic carbocycles. The second-order valence-corrected chi connectivity index (χ2v) is 1.28. The standard InChI is InChI=1S/C3H8O.C3H8.3CH4/c1-3-4-2;1-3-2;;;/h3H2,1-2H3;3H2,1-2H3;3*1H4.